The Balaban J connectivity index is 2.45. The molecule has 1 aliphatic rings. The fourth-order valence-corrected chi connectivity index (χ4v) is 3.84. The van der Waals surface area contributed by atoms with Crippen LogP contribution < -0.4 is 5.32 Å². The summed E-state index contributed by atoms with van der Waals surface area (Å²) < 4.78 is 36.8. The van der Waals surface area contributed by atoms with Crippen LogP contribution in [0.1, 0.15) is 52.9 Å². The lowest BCUT2D eigenvalue weighted by atomic mass is 9.66. The van der Waals surface area contributed by atoms with Gasteiger partial charge in [0.05, 0.1) is 0 Å². The van der Waals surface area contributed by atoms with Crippen LogP contribution in [0, 0.1) is 17.3 Å². The highest BCUT2D eigenvalue weighted by molar-refractivity contribution is 8.00. The minimum Gasteiger partial charge on any atom is -0.316 e. The summed E-state index contributed by atoms with van der Waals surface area (Å²) in [5.74, 6) is 1.18. The van der Waals surface area contributed by atoms with Gasteiger partial charge in [-0.25, -0.2) is 0 Å². The van der Waals surface area contributed by atoms with E-state index >= 15 is 0 Å². The lowest BCUT2D eigenvalue weighted by Gasteiger charge is -2.41. The van der Waals surface area contributed by atoms with E-state index in [1.165, 1.54) is 6.42 Å². The Morgan fingerprint density at radius 1 is 1.25 bits per heavy atom. The molecule has 5 heteroatoms. The van der Waals surface area contributed by atoms with Crippen LogP contribution in [0.4, 0.5) is 13.2 Å². The van der Waals surface area contributed by atoms with Crippen molar-refractivity contribution in [1.29, 1.82) is 0 Å². The van der Waals surface area contributed by atoms with Crippen molar-refractivity contribution in [2.24, 2.45) is 17.3 Å². The van der Waals surface area contributed by atoms with E-state index in [1.807, 2.05) is 0 Å². The van der Waals surface area contributed by atoms with E-state index < -0.39 is 5.51 Å². The molecule has 1 aliphatic carbocycles. The molecular formula is C15H28F3NS. The summed E-state index contributed by atoms with van der Waals surface area (Å²) in [7, 11) is 0. The molecule has 2 atom stereocenters. The van der Waals surface area contributed by atoms with Crippen LogP contribution in [0.15, 0.2) is 0 Å². The topological polar surface area (TPSA) is 12.0 Å². The lowest BCUT2D eigenvalue weighted by molar-refractivity contribution is -0.0329. The molecule has 1 rings (SSSR count). The van der Waals surface area contributed by atoms with E-state index in [2.05, 4.69) is 26.1 Å². The number of nitrogens with one attached hydrogen (secondary N) is 1. The minimum atomic E-state index is -4.08. The predicted molar refractivity (Wildman–Crippen MR) is 80.9 cm³/mol. The maximum atomic E-state index is 12.3. The molecular weight excluding hydrogens is 283 g/mol. The summed E-state index contributed by atoms with van der Waals surface area (Å²) >= 11 is 0.137. The van der Waals surface area contributed by atoms with E-state index in [0.29, 0.717) is 18.3 Å². The fraction of sp³-hybridized carbons (Fsp3) is 1.00. The first-order valence-corrected chi connectivity index (χ1v) is 8.63. The third-order valence-electron chi connectivity index (χ3n) is 4.26. The van der Waals surface area contributed by atoms with Crippen molar-refractivity contribution < 1.29 is 13.2 Å². The second kappa shape index (κ2) is 7.92. The molecule has 0 heterocycles. The maximum Gasteiger partial charge on any atom is 0.441 e. The number of rotatable bonds is 7. The number of alkyl halides is 3. The quantitative estimate of drug-likeness (QED) is 0.659. The van der Waals surface area contributed by atoms with E-state index in [9.17, 15) is 13.2 Å². The third kappa shape index (κ3) is 7.21. The molecule has 0 bridgehead atoms. The molecule has 0 aliphatic heterocycles. The maximum absolute atomic E-state index is 12.3. The van der Waals surface area contributed by atoms with Crippen LogP contribution in [-0.4, -0.2) is 24.4 Å². The van der Waals surface area contributed by atoms with E-state index in [-0.39, 0.29) is 22.9 Å². The van der Waals surface area contributed by atoms with Crippen molar-refractivity contribution in [3.63, 3.8) is 0 Å². The largest absolute Gasteiger partial charge is 0.441 e. The molecule has 20 heavy (non-hydrogen) atoms. The van der Waals surface area contributed by atoms with Gasteiger partial charge in [0.25, 0.3) is 0 Å². The van der Waals surface area contributed by atoms with Crippen LogP contribution in [0.3, 0.4) is 0 Å². The average Bonchev–Trinajstić information content (AvgIpc) is 2.30. The van der Waals surface area contributed by atoms with Gasteiger partial charge in [-0.05, 0) is 62.4 Å². The molecule has 2 unspecified atom stereocenters. The second-order valence-corrected chi connectivity index (χ2v) is 7.87. The van der Waals surface area contributed by atoms with E-state index in [4.69, 9.17) is 0 Å². The van der Waals surface area contributed by atoms with E-state index in [1.54, 1.807) is 0 Å². The first-order valence-electron chi connectivity index (χ1n) is 7.65. The van der Waals surface area contributed by atoms with Gasteiger partial charge in [-0.1, -0.05) is 32.5 Å². The molecule has 0 aromatic carbocycles. The zero-order valence-electron chi connectivity index (χ0n) is 12.9. The molecule has 0 radical (unpaired) electrons. The summed E-state index contributed by atoms with van der Waals surface area (Å²) in [6.07, 6.45) is 5.18. The minimum absolute atomic E-state index is 0.137. The lowest BCUT2D eigenvalue weighted by Crippen LogP contribution is -2.36. The molecule has 0 spiro atoms. The third-order valence-corrected chi connectivity index (χ3v) is 5.03. The molecule has 0 saturated heterocycles. The van der Waals surface area contributed by atoms with Gasteiger partial charge in [0.2, 0.25) is 0 Å². The van der Waals surface area contributed by atoms with Gasteiger partial charge < -0.3 is 5.32 Å². The van der Waals surface area contributed by atoms with Gasteiger partial charge in [-0.3, -0.25) is 0 Å². The smallest absolute Gasteiger partial charge is 0.316 e. The Morgan fingerprint density at radius 2 is 1.95 bits per heavy atom. The summed E-state index contributed by atoms with van der Waals surface area (Å²) in [4.78, 5) is 0. The summed E-state index contributed by atoms with van der Waals surface area (Å²) in [6.45, 7) is 8.59. The number of hydrogen-bond acceptors (Lipinski definition) is 2. The van der Waals surface area contributed by atoms with Crippen LogP contribution in [0.5, 0.6) is 0 Å². The Labute approximate surface area is 125 Å². The van der Waals surface area contributed by atoms with Crippen molar-refractivity contribution in [3.05, 3.63) is 0 Å². The Kier molecular flexibility index (Phi) is 7.19. The Morgan fingerprint density at radius 3 is 2.55 bits per heavy atom. The van der Waals surface area contributed by atoms with Crippen molar-refractivity contribution in [3.8, 4) is 0 Å². The molecule has 1 saturated carbocycles. The van der Waals surface area contributed by atoms with Crippen LogP contribution >= 0.6 is 11.8 Å². The number of hydrogen-bond donors (Lipinski definition) is 1. The highest BCUT2D eigenvalue weighted by Crippen LogP contribution is 2.44. The summed E-state index contributed by atoms with van der Waals surface area (Å²) in [6, 6.07) is 0. The molecule has 1 nitrogen and oxygen atoms in total. The Hall–Kier alpha value is 0.100. The van der Waals surface area contributed by atoms with Crippen LogP contribution in [0.2, 0.25) is 0 Å². The zero-order chi connectivity index (χ0) is 15.2. The zero-order valence-corrected chi connectivity index (χ0v) is 13.7. The monoisotopic (exact) mass is 311 g/mol. The molecule has 0 aromatic heterocycles. The molecule has 1 fully saturated rings. The first-order chi connectivity index (χ1) is 9.23. The normalized spacial score (nSPS) is 26.7. The standard InChI is InChI=1S/C15H28F3NS/c1-4-8-19-11-13-5-7-14(2,3)10-12(13)6-9-20-15(16,17)18/h12-13,19H,4-11H2,1-3H3. The van der Waals surface area contributed by atoms with Crippen molar-refractivity contribution in [1.82, 2.24) is 5.32 Å². The molecule has 0 amide bonds. The summed E-state index contributed by atoms with van der Waals surface area (Å²) in [5.41, 5.74) is -3.80. The number of thioether (sulfide) groups is 1. The van der Waals surface area contributed by atoms with Gasteiger partial charge >= 0.3 is 5.51 Å². The molecule has 1 N–H and O–H groups in total. The number of halogens is 3. The molecule has 0 aromatic rings. The first kappa shape index (κ1) is 18.1. The van der Waals surface area contributed by atoms with Gasteiger partial charge in [0.1, 0.15) is 0 Å². The van der Waals surface area contributed by atoms with Gasteiger partial charge in [0.15, 0.2) is 0 Å². The Bertz CT molecular complexity index is 279. The van der Waals surface area contributed by atoms with Crippen LogP contribution in [0.25, 0.3) is 0 Å². The highest BCUT2D eigenvalue weighted by atomic mass is 32.2. The van der Waals surface area contributed by atoms with Crippen molar-refractivity contribution in [2.45, 2.75) is 58.4 Å². The SMILES string of the molecule is CCCNCC1CCC(C)(C)CC1CCSC(F)(F)F. The van der Waals surface area contributed by atoms with Gasteiger partial charge in [-0.2, -0.15) is 13.2 Å². The van der Waals surface area contributed by atoms with Crippen molar-refractivity contribution >= 4 is 11.8 Å². The second-order valence-electron chi connectivity index (χ2n) is 6.71. The highest BCUT2D eigenvalue weighted by Gasteiger charge is 2.35. The van der Waals surface area contributed by atoms with Gasteiger partial charge in [0, 0.05) is 5.75 Å². The van der Waals surface area contributed by atoms with Crippen LogP contribution in [-0.2, 0) is 0 Å². The van der Waals surface area contributed by atoms with Gasteiger partial charge in [-0.15, -0.1) is 0 Å². The average molecular weight is 311 g/mol. The predicted octanol–water partition coefficient (Wildman–Crippen LogP) is 5.07. The van der Waals surface area contributed by atoms with Crippen molar-refractivity contribution in [2.75, 3.05) is 18.8 Å². The fourth-order valence-electron chi connectivity index (χ4n) is 3.19. The summed E-state index contributed by atoms with van der Waals surface area (Å²) in [5, 5.41) is 3.44. The molecule has 120 valence electrons. The van der Waals surface area contributed by atoms with E-state index in [0.717, 1.165) is 32.4 Å².